The molecule has 0 amide bonds. The van der Waals surface area contributed by atoms with E-state index in [1.54, 1.807) is 0 Å². The minimum Gasteiger partial charge on any atom is -0.422 e. The highest BCUT2D eigenvalue weighted by Gasteiger charge is 2.47. The Morgan fingerprint density at radius 3 is 0.676 bits per heavy atom. The minimum absolute atomic E-state index is 0.293. The van der Waals surface area contributed by atoms with Crippen molar-refractivity contribution in [2.45, 2.75) is 62.3 Å². The summed E-state index contributed by atoms with van der Waals surface area (Å²) in [5, 5.41) is 17.1. The molecule has 4 aromatic carbocycles. The summed E-state index contributed by atoms with van der Waals surface area (Å²) in [7, 11) is 0. The first-order valence-electron chi connectivity index (χ1n) is 19.5. The van der Waals surface area contributed by atoms with E-state index in [9.17, 15) is 105 Å². The Bertz CT molecular complexity index is 2590. The zero-order chi connectivity index (χ0) is 56.0. The second kappa shape index (κ2) is 20.3. The van der Waals surface area contributed by atoms with Gasteiger partial charge in [0.05, 0.1) is 69.5 Å². The molecule has 0 aliphatic carbocycles. The van der Waals surface area contributed by atoms with Crippen molar-refractivity contribution in [1.29, 1.82) is 10.5 Å². The fourth-order valence-corrected chi connectivity index (χ4v) is 9.34. The summed E-state index contributed by atoms with van der Waals surface area (Å²) in [6.45, 7) is 0. The van der Waals surface area contributed by atoms with Crippen molar-refractivity contribution in [3.8, 4) is 12.1 Å². The van der Waals surface area contributed by atoms with E-state index < -0.39 is 216 Å². The van der Waals surface area contributed by atoms with E-state index in [1.165, 1.54) is 0 Å². The molecule has 0 aliphatic rings. The third-order valence-corrected chi connectivity index (χ3v) is 12.6. The number of halogens is 25. The maximum Gasteiger partial charge on any atom is 0.442 e. The Morgan fingerprint density at radius 1 is 0.324 bits per heavy atom. The van der Waals surface area contributed by atoms with Crippen LogP contribution in [0.25, 0.3) is 0 Å². The molecule has 0 N–H and O–H groups in total. The van der Waals surface area contributed by atoms with Gasteiger partial charge in [0.25, 0.3) is 0 Å². The molecule has 0 aliphatic heterocycles. The predicted octanol–water partition coefficient (Wildman–Crippen LogP) is 10.3. The van der Waals surface area contributed by atoms with E-state index in [0.29, 0.717) is 24.4 Å². The van der Waals surface area contributed by atoms with Gasteiger partial charge in [-0.1, -0.05) is 48.5 Å². The Balaban J connectivity index is 0.000000500. The van der Waals surface area contributed by atoms with Crippen molar-refractivity contribution in [1.82, 2.24) is 0 Å². The molecule has 30 heteroatoms. The number of furan rings is 2. The average Bonchev–Trinajstić information content (AvgIpc) is 3.90. The Labute approximate surface area is 407 Å². The van der Waals surface area contributed by atoms with Crippen LogP contribution in [-0.2, 0) is 62.3 Å². The van der Waals surface area contributed by atoms with Crippen LogP contribution < -0.4 is 43.1 Å². The van der Waals surface area contributed by atoms with Crippen LogP contribution in [0.5, 0.6) is 0 Å². The van der Waals surface area contributed by atoms with Crippen LogP contribution in [0.4, 0.5) is 105 Å². The largest absolute Gasteiger partial charge is 0.442 e. The summed E-state index contributed by atoms with van der Waals surface area (Å²) in [6.07, 6.45) is -54.2. The van der Waals surface area contributed by atoms with Gasteiger partial charge in [0.1, 0.15) is 17.7 Å². The number of hydrogen-bond donors (Lipinski definition) is 0. The zero-order valence-electron chi connectivity index (χ0n) is 35.4. The molecule has 2 aromatic heterocycles. The van der Waals surface area contributed by atoms with Crippen molar-refractivity contribution in [2.24, 2.45) is 0 Å². The molecule has 4 nitrogen and oxygen atoms in total. The zero-order valence-corrected chi connectivity index (χ0v) is 37.5. The van der Waals surface area contributed by atoms with Crippen LogP contribution in [0, 0.1) is 30.2 Å². The summed E-state index contributed by atoms with van der Waals surface area (Å²) >= 11 is -0.505. The molecule has 6 rings (SSSR count). The van der Waals surface area contributed by atoms with E-state index in [-0.39, 0.29) is 0 Å². The van der Waals surface area contributed by atoms with Gasteiger partial charge in [-0.3, -0.25) is 0 Å². The Morgan fingerprint density at radius 2 is 0.514 bits per heavy atom. The van der Waals surface area contributed by atoms with Crippen molar-refractivity contribution >= 4 is 28.0 Å². The summed E-state index contributed by atoms with van der Waals surface area (Å²) in [5.74, 6) is 1.37. The lowest BCUT2D eigenvalue weighted by molar-refractivity contribution is -0.636. The molecular weight excluding hydrogens is 1180 g/mol. The molecule has 74 heavy (non-hydrogen) atoms. The van der Waals surface area contributed by atoms with Gasteiger partial charge in [-0.2, -0.15) is 138 Å². The van der Waals surface area contributed by atoms with Crippen molar-refractivity contribution in [3.05, 3.63) is 161 Å². The lowest BCUT2D eigenvalue weighted by Crippen LogP contribution is -3.61. The second-order valence-electron chi connectivity index (χ2n) is 15.4. The molecule has 0 bridgehead atoms. The summed E-state index contributed by atoms with van der Waals surface area (Å²) < 4.78 is 354. The maximum atomic E-state index is 14.2. The first-order chi connectivity index (χ1) is 33.6. The van der Waals surface area contributed by atoms with Gasteiger partial charge in [-0.05, 0) is 36.4 Å². The lowest BCUT2D eigenvalue weighted by Gasteiger charge is -2.46. The van der Waals surface area contributed by atoms with E-state index in [0.717, 1.165) is 7.53 Å². The number of rotatable bonds is 8. The number of hydrogen-bond acceptors (Lipinski definition) is 4. The topological polar surface area (TPSA) is 73.9 Å². The maximum absolute atomic E-state index is 14.2. The van der Waals surface area contributed by atoms with Gasteiger partial charge >= 0.3 is 78.1 Å². The van der Waals surface area contributed by atoms with E-state index >= 15 is 0 Å². The molecule has 0 radical (unpaired) electrons. The van der Waals surface area contributed by atoms with Crippen molar-refractivity contribution < 1.29 is 135 Å². The molecule has 2 heterocycles. The quantitative estimate of drug-likeness (QED) is 0.0865. The smallest absolute Gasteiger partial charge is 0.422 e. The number of benzene rings is 4. The van der Waals surface area contributed by atoms with Crippen LogP contribution in [0.3, 0.4) is 0 Å². The van der Waals surface area contributed by atoms with Gasteiger partial charge in [0.15, 0.2) is 0 Å². The first kappa shape index (κ1) is 58.4. The molecule has 0 saturated carbocycles. The monoisotopic (exact) mass is 1200 g/mol. The Hall–Kier alpha value is -6.47. The first-order valence-corrected chi connectivity index (χ1v) is 21.7. The number of alkyl halides is 24. The van der Waals surface area contributed by atoms with E-state index in [4.69, 9.17) is 19.4 Å². The fourth-order valence-electron chi connectivity index (χ4n) is 7.31. The van der Waals surface area contributed by atoms with E-state index in [1.807, 2.05) is 36.4 Å². The molecule has 0 spiro atoms. The number of nitrogens with zero attached hydrogens (tertiary/aromatic N) is 2. The van der Waals surface area contributed by atoms with Crippen LogP contribution in [0.1, 0.15) is 56.0 Å². The molecule has 396 valence electrons. The summed E-state index contributed by atoms with van der Waals surface area (Å²) in [4.78, 5) is 0. The average molecular weight is 1200 g/mol. The minimum atomic E-state index is -6.13. The standard InChI is InChI=1S/C32H12BF24.C12H8IN2O2/c34-25(35,36)13-1-14(26(37,38)39)6-21(5-13)33(22-7-15(27(40,41)42)2-16(8-22)28(43,44)45,23-9-17(29(46,47)48)3-18(10-23)30(49,50)51)24-11-19(31(52,53)54)4-20(12-24)32(55,56)57;14-7-5-9-1-3-11(16-9)13-12-4-2-10(17-12)6-8-15/h1-12H;1-4H,5-6H2/q-1;+1. The van der Waals surface area contributed by atoms with Gasteiger partial charge in [-0.25, -0.2) is 0 Å². The number of nitriles is 2. The van der Waals surface area contributed by atoms with Crippen LogP contribution >= 0.6 is 0 Å². The van der Waals surface area contributed by atoms with Gasteiger partial charge in [0, 0.05) is 12.1 Å². The molecule has 0 fully saturated rings. The fraction of sp³-hybridized carbons (Fsp3) is 0.227. The SMILES string of the molecule is FC(F)(F)c1cc([B-](c2cc(C(F)(F)F)cc(C(F)(F)F)c2)(c2cc(C(F)(F)F)cc(C(F)(F)F)c2)c2cc(C(F)(F)F)cc(C(F)(F)F)c2)cc(C(F)(F)F)c1.N#CCc1ccc([I+]c2ccc(CC#N)o2)o1. The Kier molecular flexibility index (Phi) is 16.1. The van der Waals surface area contributed by atoms with Crippen LogP contribution in [-0.4, -0.2) is 6.15 Å². The highest BCUT2D eigenvalue weighted by Crippen LogP contribution is 2.41. The molecule has 0 atom stereocenters. The van der Waals surface area contributed by atoms with Gasteiger partial charge < -0.3 is 8.83 Å². The molecule has 6 aromatic rings. The summed E-state index contributed by atoms with van der Waals surface area (Å²) in [5.41, 5.74) is -30.2. The van der Waals surface area contributed by atoms with Crippen LogP contribution in [0.15, 0.2) is 106 Å². The highest BCUT2D eigenvalue weighted by molar-refractivity contribution is 7.20. The molecular formula is C44H20BF24IN2O2. The summed E-state index contributed by atoms with van der Waals surface area (Å²) in [6, 6.07) is 2.67. The molecule has 0 saturated heterocycles. The van der Waals surface area contributed by atoms with E-state index in [2.05, 4.69) is 0 Å². The highest BCUT2D eigenvalue weighted by atomic mass is 127. The van der Waals surface area contributed by atoms with Gasteiger partial charge in [0.2, 0.25) is 0 Å². The lowest BCUT2D eigenvalue weighted by atomic mass is 9.12. The third kappa shape index (κ3) is 13.6. The third-order valence-electron chi connectivity index (χ3n) is 10.4. The molecule has 0 unspecified atom stereocenters. The van der Waals surface area contributed by atoms with Crippen LogP contribution in [0.2, 0.25) is 0 Å². The second-order valence-corrected chi connectivity index (χ2v) is 18.1. The van der Waals surface area contributed by atoms with Crippen molar-refractivity contribution in [3.63, 3.8) is 0 Å². The predicted molar refractivity (Wildman–Crippen MR) is 204 cm³/mol. The van der Waals surface area contributed by atoms with Gasteiger partial charge in [-0.15, -0.1) is 0 Å². The normalized spacial score (nSPS) is 13.3. The van der Waals surface area contributed by atoms with Crippen molar-refractivity contribution in [2.75, 3.05) is 0 Å².